The van der Waals surface area contributed by atoms with E-state index >= 15 is 0 Å². The van der Waals surface area contributed by atoms with E-state index in [-0.39, 0.29) is 5.91 Å². The van der Waals surface area contributed by atoms with Crippen LogP contribution in [0.1, 0.15) is 12.5 Å². The minimum atomic E-state index is -0.710. The largest absolute Gasteiger partial charge is 0.480 e. The summed E-state index contributed by atoms with van der Waals surface area (Å²) in [4.78, 5) is 15.8. The number of para-hydroxylation sites is 1. The second-order valence-electron chi connectivity index (χ2n) is 3.69. The van der Waals surface area contributed by atoms with E-state index in [0.29, 0.717) is 16.4 Å². The average Bonchev–Trinajstić information content (AvgIpc) is 2.92. The topological polar surface area (TPSA) is 75.0 Å². The van der Waals surface area contributed by atoms with E-state index < -0.39 is 6.10 Å². The molecule has 2 aromatic rings. The first-order valence-corrected chi connectivity index (χ1v) is 6.45. The van der Waals surface area contributed by atoms with Crippen LogP contribution < -0.4 is 10.1 Å². The van der Waals surface area contributed by atoms with E-state index in [1.807, 2.05) is 6.07 Å². The first kappa shape index (κ1) is 13.1. The van der Waals surface area contributed by atoms with E-state index in [2.05, 4.69) is 10.3 Å². The molecular formula is C13H11N3O2S. The Morgan fingerprint density at radius 3 is 3.00 bits per heavy atom. The van der Waals surface area contributed by atoms with Gasteiger partial charge < -0.3 is 4.74 Å². The number of nitriles is 1. The Kier molecular flexibility index (Phi) is 4.11. The van der Waals surface area contributed by atoms with E-state index in [4.69, 9.17) is 10.00 Å². The molecule has 19 heavy (non-hydrogen) atoms. The minimum Gasteiger partial charge on any atom is -0.480 e. The van der Waals surface area contributed by atoms with Crippen LogP contribution in [0.3, 0.4) is 0 Å². The maximum atomic E-state index is 11.9. The number of carbonyl (C=O) groups excluding carboxylic acids is 1. The highest BCUT2D eigenvalue weighted by Crippen LogP contribution is 2.19. The van der Waals surface area contributed by atoms with Crippen LogP contribution in [0.15, 0.2) is 35.8 Å². The number of nitrogens with zero attached hydrogens (tertiary/aromatic N) is 2. The number of amides is 1. The molecule has 1 atom stereocenters. The second-order valence-corrected chi connectivity index (χ2v) is 4.59. The van der Waals surface area contributed by atoms with Gasteiger partial charge in [0.1, 0.15) is 11.8 Å². The van der Waals surface area contributed by atoms with Gasteiger partial charge in [0.05, 0.1) is 5.56 Å². The molecule has 1 amide bonds. The third-order valence-corrected chi connectivity index (χ3v) is 3.03. The van der Waals surface area contributed by atoms with Crippen molar-refractivity contribution in [3.05, 3.63) is 41.4 Å². The Morgan fingerprint density at radius 2 is 2.32 bits per heavy atom. The first-order chi connectivity index (χ1) is 9.20. The molecule has 0 bridgehead atoms. The molecule has 5 nitrogen and oxygen atoms in total. The maximum Gasteiger partial charge on any atom is 0.266 e. The van der Waals surface area contributed by atoms with Crippen LogP contribution >= 0.6 is 11.3 Å². The van der Waals surface area contributed by atoms with Gasteiger partial charge in [0.15, 0.2) is 11.2 Å². The third kappa shape index (κ3) is 3.30. The van der Waals surface area contributed by atoms with Gasteiger partial charge in [0.2, 0.25) is 0 Å². The smallest absolute Gasteiger partial charge is 0.266 e. The van der Waals surface area contributed by atoms with Crippen molar-refractivity contribution in [1.29, 1.82) is 5.26 Å². The minimum absolute atomic E-state index is 0.303. The number of ether oxygens (including phenoxy) is 1. The van der Waals surface area contributed by atoms with Gasteiger partial charge in [-0.3, -0.25) is 10.1 Å². The fraction of sp³-hybridized carbons (Fsp3) is 0.154. The third-order valence-electron chi connectivity index (χ3n) is 2.34. The molecular weight excluding hydrogens is 262 g/mol. The molecule has 1 N–H and O–H groups in total. The normalized spacial score (nSPS) is 11.4. The monoisotopic (exact) mass is 273 g/mol. The van der Waals surface area contributed by atoms with Crippen molar-refractivity contribution >= 4 is 22.4 Å². The lowest BCUT2D eigenvalue weighted by molar-refractivity contribution is -0.122. The number of aromatic nitrogens is 1. The summed E-state index contributed by atoms with van der Waals surface area (Å²) in [6.45, 7) is 1.62. The van der Waals surface area contributed by atoms with E-state index in [1.165, 1.54) is 11.3 Å². The van der Waals surface area contributed by atoms with Crippen molar-refractivity contribution in [2.45, 2.75) is 13.0 Å². The van der Waals surface area contributed by atoms with Gasteiger partial charge >= 0.3 is 0 Å². The number of anilines is 1. The SMILES string of the molecule is CC(Oc1ccccc1C#N)C(=O)Nc1nccs1. The van der Waals surface area contributed by atoms with Crippen LogP contribution in [0.2, 0.25) is 0 Å². The Balaban J connectivity index is 2.02. The van der Waals surface area contributed by atoms with Crippen LogP contribution in [0.4, 0.5) is 5.13 Å². The number of hydrogen-bond acceptors (Lipinski definition) is 5. The molecule has 1 unspecified atom stereocenters. The molecule has 0 saturated heterocycles. The van der Waals surface area contributed by atoms with Gasteiger partial charge in [-0.2, -0.15) is 5.26 Å². The van der Waals surface area contributed by atoms with Crippen LogP contribution in [-0.2, 0) is 4.79 Å². The zero-order valence-corrected chi connectivity index (χ0v) is 11.0. The Labute approximate surface area is 114 Å². The van der Waals surface area contributed by atoms with E-state index in [9.17, 15) is 4.79 Å². The maximum absolute atomic E-state index is 11.9. The van der Waals surface area contributed by atoms with Crippen molar-refractivity contribution in [1.82, 2.24) is 4.98 Å². The molecule has 96 valence electrons. The molecule has 6 heteroatoms. The molecule has 1 aromatic heterocycles. The average molecular weight is 273 g/mol. The zero-order valence-electron chi connectivity index (χ0n) is 10.2. The fourth-order valence-electron chi connectivity index (χ4n) is 1.40. The van der Waals surface area contributed by atoms with Gasteiger partial charge in [-0.05, 0) is 19.1 Å². The highest BCUT2D eigenvalue weighted by Gasteiger charge is 2.17. The predicted octanol–water partition coefficient (Wildman–Crippen LogP) is 2.42. The van der Waals surface area contributed by atoms with Crippen molar-refractivity contribution in [3.8, 4) is 11.8 Å². The number of hydrogen-bond donors (Lipinski definition) is 1. The number of carbonyl (C=O) groups is 1. The lowest BCUT2D eigenvalue weighted by Crippen LogP contribution is -2.30. The summed E-state index contributed by atoms with van der Waals surface area (Å²) in [6, 6.07) is 8.81. The van der Waals surface area contributed by atoms with E-state index in [0.717, 1.165) is 0 Å². The van der Waals surface area contributed by atoms with Crippen molar-refractivity contribution in [2.75, 3.05) is 5.32 Å². The van der Waals surface area contributed by atoms with Gasteiger partial charge in [0, 0.05) is 11.6 Å². The number of benzene rings is 1. The van der Waals surface area contributed by atoms with Crippen LogP contribution in [0.25, 0.3) is 0 Å². The van der Waals surface area contributed by atoms with Gasteiger partial charge in [-0.25, -0.2) is 4.98 Å². The van der Waals surface area contributed by atoms with Crippen molar-refractivity contribution in [2.24, 2.45) is 0 Å². The molecule has 0 aliphatic rings. The molecule has 0 aliphatic carbocycles. The summed E-state index contributed by atoms with van der Waals surface area (Å²) in [6.07, 6.45) is 0.898. The Morgan fingerprint density at radius 1 is 1.53 bits per heavy atom. The van der Waals surface area contributed by atoms with Crippen LogP contribution in [0.5, 0.6) is 5.75 Å². The molecule has 1 heterocycles. The first-order valence-electron chi connectivity index (χ1n) is 5.57. The molecule has 1 aromatic carbocycles. The molecule has 0 aliphatic heterocycles. The molecule has 0 radical (unpaired) electrons. The lowest BCUT2D eigenvalue weighted by Gasteiger charge is -2.14. The summed E-state index contributed by atoms with van der Waals surface area (Å²) < 4.78 is 5.49. The Bertz CT molecular complexity index is 605. The molecule has 2 rings (SSSR count). The second kappa shape index (κ2) is 5.98. The summed E-state index contributed by atoms with van der Waals surface area (Å²) in [7, 11) is 0. The quantitative estimate of drug-likeness (QED) is 0.928. The van der Waals surface area contributed by atoms with Crippen LogP contribution in [0, 0.1) is 11.3 Å². The summed E-state index contributed by atoms with van der Waals surface area (Å²) in [5, 5.41) is 13.9. The highest BCUT2D eigenvalue weighted by molar-refractivity contribution is 7.13. The number of rotatable bonds is 4. The Hall–Kier alpha value is -2.39. The lowest BCUT2D eigenvalue weighted by atomic mass is 10.2. The predicted molar refractivity (Wildman–Crippen MR) is 72.0 cm³/mol. The number of nitrogens with one attached hydrogen (secondary N) is 1. The number of thiazole rings is 1. The van der Waals surface area contributed by atoms with Gasteiger partial charge in [0.25, 0.3) is 5.91 Å². The highest BCUT2D eigenvalue weighted by atomic mass is 32.1. The standard InChI is InChI=1S/C13H11N3O2S/c1-9(12(17)16-13-15-6-7-19-13)18-11-5-3-2-4-10(11)8-14/h2-7,9H,1H3,(H,15,16,17). The summed E-state index contributed by atoms with van der Waals surface area (Å²) >= 11 is 1.33. The van der Waals surface area contributed by atoms with Gasteiger partial charge in [-0.15, -0.1) is 11.3 Å². The molecule has 0 fully saturated rings. The van der Waals surface area contributed by atoms with Gasteiger partial charge in [-0.1, -0.05) is 12.1 Å². The molecule has 0 spiro atoms. The zero-order chi connectivity index (χ0) is 13.7. The van der Waals surface area contributed by atoms with Crippen molar-refractivity contribution in [3.63, 3.8) is 0 Å². The van der Waals surface area contributed by atoms with Crippen molar-refractivity contribution < 1.29 is 9.53 Å². The van der Waals surface area contributed by atoms with Crippen LogP contribution in [-0.4, -0.2) is 17.0 Å². The summed E-state index contributed by atoms with van der Waals surface area (Å²) in [5.74, 6) is 0.0921. The summed E-state index contributed by atoms with van der Waals surface area (Å²) in [5.41, 5.74) is 0.399. The van der Waals surface area contributed by atoms with E-state index in [1.54, 1.807) is 42.8 Å². The molecule has 0 saturated carbocycles. The fourth-order valence-corrected chi connectivity index (χ4v) is 1.93.